The number of hydrogen-bond acceptors (Lipinski definition) is 2. The second kappa shape index (κ2) is 6.35. The smallest absolute Gasteiger partial charge is 0.253 e. The van der Waals surface area contributed by atoms with Gasteiger partial charge in [-0.05, 0) is 19.1 Å². The van der Waals surface area contributed by atoms with Crippen LogP contribution < -0.4 is 10.1 Å². The third-order valence-electron chi connectivity index (χ3n) is 1.96. The lowest BCUT2D eigenvalue weighted by Gasteiger charge is -2.12. The second-order valence-corrected chi connectivity index (χ2v) is 3.24. The average Bonchev–Trinajstić information content (AvgIpc) is 2.25. The van der Waals surface area contributed by atoms with Crippen molar-refractivity contribution in [3.8, 4) is 5.75 Å². The molecule has 0 spiro atoms. The molecule has 1 aromatic carbocycles. The summed E-state index contributed by atoms with van der Waals surface area (Å²) >= 11 is 0. The molecule has 0 amide bonds. The Kier molecular flexibility index (Phi) is 5.04. The third-order valence-corrected chi connectivity index (χ3v) is 1.96. The van der Waals surface area contributed by atoms with Gasteiger partial charge < -0.3 is 10.1 Å². The van der Waals surface area contributed by atoms with Gasteiger partial charge in [0.05, 0.1) is 6.04 Å². The van der Waals surface area contributed by atoms with E-state index in [9.17, 15) is 8.78 Å². The quantitative estimate of drug-likeness (QED) is 0.735. The molecule has 1 aromatic rings. The molecule has 1 unspecified atom stereocenters. The molecular weight excluding hydrogens is 200 g/mol. The Hall–Kier alpha value is -1.16. The van der Waals surface area contributed by atoms with Crippen LogP contribution in [0.3, 0.4) is 0 Å². The molecule has 0 aliphatic heterocycles. The van der Waals surface area contributed by atoms with E-state index in [1.54, 1.807) is 0 Å². The summed E-state index contributed by atoms with van der Waals surface area (Å²) in [6, 6.07) is 8.50. The van der Waals surface area contributed by atoms with Crippen LogP contribution in [0.25, 0.3) is 0 Å². The van der Waals surface area contributed by atoms with E-state index in [2.05, 4.69) is 5.32 Å². The lowest BCUT2D eigenvalue weighted by atomic mass is 10.3. The maximum absolute atomic E-state index is 12.1. The molecule has 0 heterocycles. The molecule has 1 N–H and O–H groups in total. The highest BCUT2D eigenvalue weighted by Gasteiger charge is 2.12. The van der Waals surface area contributed by atoms with Crippen LogP contribution in [0.1, 0.15) is 6.92 Å². The SMILES string of the molecule is CC(NCCOc1ccccc1)C(F)F. The summed E-state index contributed by atoms with van der Waals surface area (Å²) in [5.74, 6) is 0.754. The topological polar surface area (TPSA) is 21.3 Å². The van der Waals surface area contributed by atoms with Crippen molar-refractivity contribution in [1.29, 1.82) is 0 Å². The molecule has 2 nitrogen and oxygen atoms in total. The van der Waals surface area contributed by atoms with Gasteiger partial charge in [0.25, 0.3) is 6.43 Å². The molecule has 84 valence electrons. The molecule has 0 radical (unpaired) electrons. The molecule has 0 fully saturated rings. The molecule has 1 rings (SSSR count). The minimum atomic E-state index is -2.33. The molecule has 15 heavy (non-hydrogen) atoms. The first-order valence-corrected chi connectivity index (χ1v) is 4.89. The van der Waals surface area contributed by atoms with E-state index < -0.39 is 12.5 Å². The fraction of sp³-hybridized carbons (Fsp3) is 0.455. The Morgan fingerprint density at radius 1 is 1.27 bits per heavy atom. The summed E-state index contributed by atoms with van der Waals surface area (Å²) in [4.78, 5) is 0. The number of benzene rings is 1. The number of hydrogen-bond donors (Lipinski definition) is 1. The number of rotatable bonds is 6. The molecular formula is C11H15F2NO. The zero-order valence-electron chi connectivity index (χ0n) is 8.62. The maximum atomic E-state index is 12.1. The van der Waals surface area contributed by atoms with Crippen LogP contribution in [0.4, 0.5) is 8.78 Å². The monoisotopic (exact) mass is 215 g/mol. The van der Waals surface area contributed by atoms with Crippen molar-refractivity contribution in [3.05, 3.63) is 30.3 Å². The molecule has 0 aliphatic rings. The molecule has 0 saturated heterocycles. The van der Waals surface area contributed by atoms with E-state index in [0.717, 1.165) is 5.75 Å². The van der Waals surface area contributed by atoms with Crippen LogP contribution in [-0.2, 0) is 0 Å². The zero-order chi connectivity index (χ0) is 11.1. The van der Waals surface area contributed by atoms with Crippen molar-refractivity contribution < 1.29 is 13.5 Å². The largest absolute Gasteiger partial charge is 0.492 e. The number of alkyl halides is 2. The van der Waals surface area contributed by atoms with Crippen LogP contribution >= 0.6 is 0 Å². The predicted octanol–water partition coefficient (Wildman–Crippen LogP) is 2.31. The predicted molar refractivity (Wildman–Crippen MR) is 55.4 cm³/mol. The molecule has 0 aromatic heterocycles. The summed E-state index contributed by atoms with van der Waals surface area (Å²) in [6.45, 7) is 2.26. The van der Waals surface area contributed by atoms with Crippen molar-refractivity contribution in [2.24, 2.45) is 0 Å². The van der Waals surface area contributed by atoms with Gasteiger partial charge >= 0.3 is 0 Å². The van der Waals surface area contributed by atoms with Crippen LogP contribution in [0.2, 0.25) is 0 Å². The Morgan fingerprint density at radius 3 is 2.53 bits per heavy atom. The van der Waals surface area contributed by atoms with Crippen molar-refractivity contribution in [1.82, 2.24) is 5.32 Å². The van der Waals surface area contributed by atoms with Crippen LogP contribution in [-0.4, -0.2) is 25.6 Å². The normalized spacial score (nSPS) is 12.8. The average molecular weight is 215 g/mol. The van der Waals surface area contributed by atoms with Gasteiger partial charge in [-0.25, -0.2) is 8.78 Å². The molecule has 1 atom stereocenters. The van der Waals surface area contributed by atoms with Gasteiger partial charge in [0.15, 0.2) is 0 Å². The number of para-hydroxylation sites is 1. The van der Waals surface area contributed by atoms with E-state index in [-0.39, 0.29) is 0 Å². The van der Waals surface area contributed by atoms with Gasteiger partial charge in [0.2, 0.25) is 0 Å². The van der Waals surface area contributed by atoms with E-state index >= 15 is 0 Å². The summed E-state index contributed by atoms with van der Waals surface area (Å²) in [6.07, 6.45) is -2.33. The highest BCUT2D eigenvalue weighted by atomic mass is 19.3. The standard InChI is InChI=1S/C11H15F2NO/c1-9(11(12)13)14-7-8-15-10-5-3-2-4-6-10/h2-6,9,11,14H,7-8H2,1H3. The Balaban J connectivity index is 2.12. The maximum Gasteiger partial charge on any atom is 0.253 e. The minimum Gasteiger partial charge on any atom is -0.492 e. The lowest BCUT2D eigenvalue weighted by Crippen LogP contribution is -2.35. The Bertz CT molecular complexity index is 267. The van der Waals surface area contributed by atoms with Gasteiger partial charge in [-0.1, -0.05) is 18.2 Å². The van der Waals surface area contributed by atoms with Crippen LogP contribution in [0.15, 0.2) is 30.3 Å². The fourth-order valence-electron chi connectivity index (χ4n) is 1.06. The van der Waals surface area contributed by atoms with Crippen molar-refractivity contribution in [2.45, 2.75) is 19.4 Å². The van der Waals surface area contributed by atoms with Crippen LogP contribution in [0.5, 0.6) is 5.75 Å². The summed E-state index contributed by atoms with van der Waals surface area (Å²) in [7, 11) is 0. The van der Waals surface area contributed by atoms with E-state index in [4.69, 9.17) is 4.74 Å². The molecule has 0 aliphatic carbocycles. The first-order valence-electron chi connectivity index (χ1n) is 4.89. The molecule has 0 bridgehead atoms. The third kappa shape index (κ3) is 4.74. The van der Waals surface area contributed by atoms with E-state index in [0.29, 0.717) is 13.2 Å². The molecule has 4 heteroatoms. The van der Waals surface area contributed by atoms with Crippen molar-refractivity contribution in [3.63, 3.8) is 0 Å². The number of halogens is 2. The summed E-state index contributed by atoms with van der Waals surface area (Å²) < 4.78 is 29.5. The highest BCUT2D eigenvalue weighted by Crippen LogP contribution is 2.07. The van der Waals surface area contributed by atoms with Crippen LogP contribution in [0, 0.1) is 0 Å². The first kappa shape index (κ1) is 11.9. The first-order chi connectivity index (χ1) is 7.20. The van der Waals surface area contributed by atoms with Gasteiger partial charge in [0, 0.05) is 6.54 Å². The van der Waals surface area contributed by atoms with E-state index in [1.807, 2.05) is 30.3 Å². The Morgan fingerprint density at radius 2 is 1.93 bits per heavy atom. The highest BCUT2D eigenvalue weighted by molar-refractivity contribution is 5.20. The number of ether oxygens (including phenoxy) is 1. The second-order valence-electron chi connectivity index (χ2n) is 3.24. The number of nitrogens with one attached hydrogen (secondary N) is 1. The zero-order valence-corrected chi connectivity index (χ0v) is 8.62. The summed E-state index contributed by atoms with van der Waals surface area (Å²) in [5, 5.41) is 2.68. The fourth-order valence-corrected chi connectivity index (χ4v) is 1.06. The van der Waals surface area contributed by atoms with E-state index in [1.165, 1.54) is 6.92 Å². The van der Waals surface area contributed by atoms with Gasteiger partial charge in [-0.2, -0.15) is 0 Å². The van der Waals surface area contributed by atoms with Gasteiger partial charge in [-0.3, -0.25) is 0 Å². The minimum absolute atomic E-state index is 0.390. The van der Waals surface area contributed by atoms with Gasteiger partial charge in [0.1, 0.15) is 12.4 Å². The lowest BCUT2D eigenvalue weighted by molar-refractivity contribution is 0.104. The van der Waals surface area contributed by atoms with Gasteiger partial charge in [-0.15, -0.1) is 0 Å². The molecule has 0 saturated carbocycles. The van der Waals surface area contributed by atoms with Crippen molar-refractivity contribution in [2.75, 3.05) is 13.2 Å². The summed E-state index contributed by atoms with van der Waals surface area (Å²) in [5.41, 5.74) is 0. The Labute approximate surface area is 88.3 Å². The van der Waals surface area contributed by atoms with Crippen molar-refractivity contribution >= 4 is 0 Å².